The number of sulfonamides is 1. The van der Waals surface area contributed by atoms with E-state index in [0.29, 0.717) is 31.1 Å². The van der Waals surface area contributed by atoms with E-state index in [4.69, 9.17) is 0 Å². The van der Waals surface area contributed by atoms with Gasteiger partial charge in [-0.1, -0.05) is 30.3 Å². The van der Waals surface area contributed by atoms with Gasteiger partial charge in [0.2, 0.25) is 15.9 Å². The highest BCUT2D eigenvalue weighted by Gasteiger charge is 2.33. The van der Waals surface area contributed by atoms with Crippen LogP contribution in [0.5, 0.6) is 0 Å². The quantitative estimate of drug-likeness (QED) is 0.710. The van der Waals surface area contributed by atoms with Crippen LogP contribution in [0.15, 0.2) is 59.5 Å². The van der Waals surface area contributed by atoms with Gasteiger partial charge in [-0.25, -0.2) is 12.8 Å². The molecule has 0 aliphatic carbocycles. The Bertz CT molecular complexity index is 982. The predicted octanol–water partition coefficient (Wildman–Crippen LogP) is 2.57. The van der Waals surface area contributed by atoms with Crippen molar-refractivity contribution in [2.75, 3.05) is 39.3 Å². The minimum Gasteiger partial charge on any atom is -0.340 e. The first-order valence-corrected chi connectivity index (χ1v) is 12.2. The second kappa shape index (κ2) is 9.46. The second-order valence-electron chi connectivity index (χ2n) is 8.22. The second-order valence-corrected chi connectivity index (χ2v) is 10.2. The van der Waals surface area contributed by atoms with Crippen LogP contribution in [0.4, 0.5) is 4.39 Å². The lowest BCUT2D eigenvalue weighted by Gasteiger charge is -2.38. The molecule has 6 nitrogen and oxygen atoms in total. The molecule has 0 unspecified atom stereocenters. The molecule has 8 heteroatoms. The molecule has 2 aromatic rings. The first-order chi connectivity index (χ1) is 14.9. The maximum Gasteiger partial charge on any atom is 0.243 e. The van der Waals surface area contributed by atoms with Crippen molar-refractivity contribution >= 4 is 15.9 Å². The maximum atomic E-state index is 13.1. The molecule has 1 amide bonds. The lowest BCUT2D eigenvalue weighted by Crippen LogP contribution is -2.52. The number of carbonyl (C=O) groups is 1. The number of likely N-dealkylation sites (tertiary alicyclic amines) is 1. The fourth-order valence-corrected chi connectivity index (χ4v) is 5.78. The van der Waals surface area contributed by atoms with Gasteiger partial charge in [0, 0.05) is 38.6 Å². The van der Waals surface area contributed by atoms with Crippen LogP contribution in [-0.2, 0) is 21.4 Å². The molecule has 2 aromatic carbocycles. The highest BCUT2D eigenvalue weighted by Crippen LogP contribution is 2.23. The third-order valence-corrected chi connectivity index (χ3v) is 8.10. The summed E-state index contributed by atoms with van der Waals surface area (Å²) in [7, 11) is -3.51. The summed E-state index contributed by atoms with van der Waals surface area (Å²) in [5.41, 5.74) is 1.07. The van der Waals surface area contributed by atoms with Crippen molar-refractivity contribution < 1.29 is 17.6 Å². The van der Waals surface area contributed by atoms with Crippen LogP contribution < -0.4 is 0 Å². The summed E-state index contributed by atoms with van der Waals surface area (Å²) in [5.74, 6) is -0.107. The van der Waals surface area contributed by atoms with Crippen molar-refractivity contribution in [3.8, 4) is 0 Å². The van der Waals surface area contributed by atoms with Gasteiger partial charge in [0.1, 0.15) is 5.82 Å². The normalized spacial score (nSPS) is 19.5. The molecule has 0 spiro atoms. The van der Waals surface area contributed by atoms with Crippen molar-refractivity contribution in [3.05, 3.63) is 66.0 Å². The van der Waals surface area contributed by atoms with Gasteiger partial charge in [0.15, 0.2) is 0 Å². The summed E-state index contributed by atoms with van der Waals surface area (Å²) in [6, 6.07) is 15.0. The number of hydrogen-bond donors (Lipinski definition) is 0. The predicted molar refractivity (Wildman–Crippen MR) is 116 cm³/mol. The monoisotopic (exact) mass is 445 g/mol. The van der Waals surface area contributed by atoms with Crippen LogP contribution in [0.1, 0.15) is 18.4 Å². The van der Waals surface area contributed by atoms with E-state index in [0.717, 1.165) is 38.0 Å². The Morgan fingerprint density at radius 3 is 2.10 bits per heavy atom. The van der Waals surface area contributed by atoms with Crippen molar-refractivity contribution in [1.29, 1.82) is 0 Å². The van der Waals surface area contributed by atoms with E-state index in [1.165, 1.54) is 16.4 Å². The van der Waals surface area contributed by atoms with Crippen molar-refractivity contribution in [3.63, 3.8) is 0 Å². The molecule has 2 heterocycles. The molecule has 4 rings (SSSR count). The molecule has 2 fully saturated rings. The molecule has 0 saturated carbocycles. The number of carbonyl (C=O) groups excluding carboxylic acids is 1. The van der Waals surface area contributed by atoms with E-state index < -0.39 is 10.0 Å². The Labute approximate surface area is 183 Å². The van der Waals surface area contributed by atoms with Crippen LogP contribution in [0.3, 0.4) is 0 Å². The van der Waals surface area contributed by atoms with Gasteiger partial charge < -0.3 is 4.90 Å². The molecule has 0 bridgehead atoms. The first-order valence-electron chi connectivity index (χ1n) is 10.7. The van der Waals surface area contributed by atoms with E-state index in [9.17, 15) is 17.6 Å². The van der Waals surface area contributed by atoms with Crippen LogP contribution in [-0.4, -0.2) is 67.7 Å². The van der Waals surface area contributed by atoms with Crippen LogP contribution in [0.2, 0.25) is 0 Å². The number of rotatable bonds is 5. The van der Waals surface area contributed by atoms with Crippen molar-refractivity contribution in [2.45, 2.75) is 24.3 Å². The summed E-state index contributed by atoms with van der Waals surface area (Å²) >= 11 is 0. The number of hydrogen-bond acceptors (Lipinski definition) is 4. The molecule has 31 heavy (non-hydrogen) atoms. The van der Waals surface area contributed by atoms with E-state index in [1.54, 1.807) is 42.5 Å². The van der Waals surface area contributed by atoms with Gasteiger partial charge >= 0.3 is 0 Å². The highest BCUT2D eigenvalue weighted by molar-refractivity contribution is 7.89. The Balaban J connectivity index is 1.26. The zero-order chi connectivity index (χ0) is 21.8. The zero-order valence-corrected chi connectivity index (χ0v) is 18.3. The van der Waals surface area contributed by atoms with Crippen LogP contribution in [0.25, 0.3) is 0 Å². The molecule has 2 aliphatic heterocycles. The summed E-state index contributed by atoms with van der Waals surface area (Å²) in [6.45, 7) is 3.93. The number of amides is 1. The zero-order valence-electron chi connectivity index (χ0n) is 17.5. The lowest BCUT2D eigenvalue weighted by atomic mass is 9.94. The molecule has 0 atom stereocenters. The smallest absolute Gasteiger partial charge is 0.243 e. The first kappa shape index (κ1) is 21.9. The van der Waals surface area contributed by atoms with Gasteiger partial charge in [-0.3, -0.25) is 9.69 Å². The average Bonchev–Trinajstić information content (AvgIpc) is 2.81. The van der Waals surface area contributed by atoms with E-state index in [1.807, 2.05) is 4.90 Å². The summed E-state index contributed by atoms with van der Waals surface area (Å²) < 4.78 is 40.1. The largest absolute Gasteiger partial charge is 0.340 e. The molecular weight excluding hydrogens is 417 g/mol. The minimum absolute atomic E-state index is 0.0123. The van der Waals surface area contributed by atoms with Gasteiger partial charge in [0.05, 0.1) is 4.90 Å². The number of piperazine rings is 1. The standard InChI is InChI=1S/C23H28FN3O3S/c24-21-8-6-19(7-9-21)18-25-12-10-20(11-13-25)23(28)26-14-16-27(17-15-26)31(29,30)22-4-2-1-3-5-22/h1-9,20H,10-18H2. The molecule has 2 aliphatic rings. The van der Waals surface area contributed by atoms with Gasteiger partial charge in [0.25, 0.3) is 0 Å². The van der Waals surface area contributed by atoms with Gasteiger partial charge in [-0.2, -0.15) is 4.31 Å². The fourth-order valence-electron chi connectivity index (χ4n) is 4.33. The Morgan fingerprint density at radius 1 is 0.871 bits per heavy atom. The SMILES string of the molecule is O=C(C1CCN(Cc2ccc(F)cc2)CC1)N1CCN(S(=O)(=O)c2ccccc2)CC1. The minimum atomic E-state index is -3.51. The summed E-state index contributed by atoms with van der Waals surface area (Å²) in [6.07, 6.45) is 1.59. The molecule has 166 valence electrons. The molecular formula is C23H28FN3O3S. The van der Waals surface area contributed by atoms with Crippen LogP contribution >= 0.6 is 0 Å². The highest BCUT2D eigenvalue weighted by atomic mass is 32.2. The van der Waals surface area contributed by atoms with E-state index >= 15 is 0 Å². The average molecular weight is 446 g/mol. The summed E-state index contributed by atoms with van der Waals surface area (Å²) in [5, 5.41) is 0. The lowest BCUT2D eigenvalue weighted by molar-refractivity contribution is -0.138. The number of halogens is 1. The maximum absolute atomic E-state index is 13.1. The Morgan fingerprint density at radius 2 is 1.48 bits per heavy atom. The topological polar surface area (TPSA) is 60.9 Å². The number of nitrogens with zero attached hydrogens (tertiary/aromatic N) is 3. The third-order valence-electron chi connectivity index (χ3n) is 6.19. The van der Waals surface area contributed by atoms with E-state index in [2.05, 4.69) is 4.90 Å². The summed E-state index contributed by atoms with van der Waals surface area (Å²) in [4.78, 5) is 17.4. The molecule has 2 saturated heterocycles. The fraction of sp³-hybridized carbons (Fsp3) is 0.435. The molecule has 0 aromatic heterocycles. The number of piperidine rings is 1. The van der Waals surface area contributed by atoms with Crippen LogP contribution in [0, 0.1) is 11.7 Å². The Kier molecular flexibility index (Phi) is 6.69. The van der Waals surface area contributed by atoms with Crippen molar-refractivity contribution in [1.82, 2.24) is 14.1 Å². The van der Waals surface area contributed by atoms with Gasteiger partial charge in [-0.05, 0) is 55.8 Å². The Hall–Kier alpha value is -2.29. The van der Waals surface area contributed by atoms with Gasteiger partial charge in [-0.15, -0.1) is 0 Å². The molecule has 0 N–H and O–H groups in total. The van der Waals surface area contributed by atoms with E-state index in [-0.39, 0.29) is 17.6 Å². The number of benzene rings is 2. The van der Waals surface area contributed by atoms with Crippen molar-refractivity contribution in [2.24, 2.45) is 5.92 Å². The molecule has 0 radical (unpaired) electrons. The third kappa shape index (κ3) is 5.14.